The van der Waals surface area contributed by atoms with Crippen LogP contribution in [0.15, 0.2) is 4.99 Å². The predicted molar refractivity (Wildman–Crippen MR) is 116 cm³/mol. The van der Waals surface area contributed by atoms with Crippen molar-refractivity contribution < 1.29 is 4.74 Å². The van der Waals surface area contributed by atoms with Crippen molar-refractivity contribution in [1.29, 1.82) is 0 Å². The molecule has 0 aromatic carbocycles. The lowest BCUT2D eigenvalue weighted by Gasteiger charge is -2.43. The summed E-state index contributed by atoms with van der Waals surface area (Å²) in [5.74, 6) is 2.25. The number of thioether (sulfide) groups is 1. The summed E-state index contributed by atoms with van der Waals surface area (Å²) >= 11 is 2.06. The second-order valence-electron chi connectivity index (χ2n) is 7.43. The highest BCUT2D eigenvalue weighted by atomic mass is 127. The first-order valence-electron chi connectivity index (χ1n) is 8.81. The van der Waals surface area contributed by atoms with Gasteiger partial charge in [-0.2, -0.15) is 11.8 Å². The van der Waals surface area contributed by atoms with E-state index in [9.17, 15) is 0 Å². The molecule has 0 aliphatic carbocycles. The highest BCUT2D eigenvalue weighted by Crippen LogP contribution is 2.30. The first-order chi connectivity index (χ1) is 10.9. The molecule has 0 amide bonds. The molecule has 2 fully saturated rings. The lowest BCUT2D eigenvalue weighted by Crippen LogP contribution is -2.53. The first-order valence-corrected chi connectivity index (χ1v) is 9.79. The Morgan fingerprint density at radius 1 is 1.29 bits per heavy atom. The molecule has 0 aromatic heterocycles. The fourth-order valence-corrected chi connectivity index (χ4v) is 4.45. The van der Waals surface area contributed by atoms with Gasteiger partial charge in [0.1, 0.15) is 0 Å². The molecule has 2 aliphatic heterocycles. The largest absolute Gasteiger partial charge is 0.381 e. The molecule has 0 spiro atoms. The fraction of sp³-hybridized carbons (Fsp3) is 0.941. The Hall–Kier alpha value is 0.270. The molecule has 0 saturated carbocycles. The van der Waals surface area contributed by atoms with E-state index >= 15 is 0 Å². The number of nitrogens with one attached hydrogen (secondary N) is 1. The highest BCUT2D eigenvalue weighted by Gasteiger charge is 2.35. The minimum atomic E-state index is 0. The van der Waals surface area contributed by atoms with Gasteiger partial charge < -0.3 is 19.9 Å². The Labute approximate surface area is 169 Å². The van der Waals surface area contributed by atoms with Gasteiger partial charge in [-0.05, 0) is 47.7 Å². The molecule has 1 N–H and O–H groups in total. The van der Waals surface area contributed by atoms with E-state index in [-0.39, 0.29) is 29.5 Å². The van der Waals surface area contributed by atoms with Crippen LogP contribution in [0.3, 0.4) is 0 Å². The molecule has 24 heavy (non-hydrogen) atoms. The standard InChI is InChI=1S/C17H34N4OS.HI/c1-6-18-15(21-9-12-23-16(2,3)14-21)19-13-17(20(4)5)7-10-22-11-8-17;/h6-14H2,1-5H3,(H,18,19);1H. The minimum absolute atomic E-state index is 0. The van der Waals surface area contributed by atoms with Gasteiger partial charge in [-0.1, -0.05) is 0 Å². The molecule has 0 radical (unpaired) electrons. The Bertz CT molecular complexity index is 411. The third kappa shape index (κ3) is 5.92. The number of likely N-dealkylation sites (N-methyl/N-ethyl adjacent to an activating group) is 1. The van der Waals surface area contributed by atoms with E-state index in [0.29, 0.717) is 4.75 Å². The molecular formula is C17H35IN4OS. The zero-order chi connectivity index (χ0) is 16.9. The Morgan fingerprint density at radius 3 is 2.50 bits per heavy atom. The quantitative estimate of drug-likeness (QED) is 0.389. The van der Waals surface area contributed by atoms with Crippen LogP contribution >= 0.6 is 35.7 Å². The van der Waals surface area contributed by atoms with Crippen LogP contribution < -0.4 is 5.32 Å². The van der Waals surface area contributed by atoms with Gasteiger partial charge in [-0.3, -0.25) is 4.99 Å². The van der Waals surface area contributed by atoms with E-state index in [1.165, 1.54) is 5.75 Å². The van der Waals surface area contributed by atoms with E-state index in [2.05, 4.69) is 61.7 Å². The molecule has 7 heteroatoms. The molecule has 2 rings (SSSR count). The number of aliphatic imine (C=N–C) groups is 1. The monoisotopic (exact) mass is 470 g/mol. The third-order valence-corrected chi connectivity index (χ3v) is 6.25. The summed E-state index contributed by atoms with van der Waals surface area (Å²) in [5, 5.41) is 3.50. The van der Waals surface area contributed by atoms with Gasteiger partial charge in [0, 0.05) is 48.9 Å². The number of halogens is 1. The Kier molecular flexibility index (Phi) is 9.14. The van der Waals surface area contributed by atoms with E-state index in [1.807, 2.05) is 0 Å². The van der Waals surface area contributed by atoms with Crippen LogP contribution in [0.4, 0.5) is 0 Å². The number of nitrogens with zero attached hydrogens (tertiary/aromatic N) is 3. The van der Waals surface area contributed by atoms with Gasteiger partial charge in [0.05, 0.1) is 6.54 Å². The molecule has 2 saturated heterocycles. The normalized spacial score (nSPS) is 23.8. The molecule has 0 bridgehead atoms. The van der Waals surface area contributed by atoms with E-state index in [0.717, 1.165) is 58.2 Å². The maximum absolute atomic E-state index is 5.57. The Balaban J connectivity index is 0.00000288. The summed E-state index contributed by atoms with van der Waals surface area (Å²) in [6, 6.07) is 0. The van der Waals surface area contributed by atoms with Crippen molar-refractivity contribution in [2.24, 2.45) is 4.99 Å². The summed E-state index contributed by atoms with van der Waals surface area (Å²) in [6.45, 7) is 12.4. The molecular weight excluding hydrogens is 435 g/mol. The lowest BCUT2D eigenvalue weighted by atomic mass is 9.89. The van der Waals surface area contributed by atoms with Crippen LogP contribution in [0.25, 0.3) is 0 Å². The summed E-state index contributed by atoms with van der Waals surface area (Å²) in [5.41, 5.74) is 0.138. The van der Waals surface area contributed by atoms with Crippen LogP contribution in [-0.2, 0) is 4.74 Å². The predicted octanol–water partition coefficient (Wildman–Crippen LogP) is 2.51. The second kappa shape index (κ2) is 9.83. The molecule has 2 heterocycles. The van der Waals surface area contributed by atoms with Crippen molar-refractivity contribution in [3.8, 4) is 0 Å². The minimum Gasteiger partial charge on any atom is -0.381 e. The topological polar surface area (TPSA) is 40.1 Å². The van der Waals surface area contributed by atoms with Crippen molar-refractivity contribution >= 4 is 41.7 Å². The first kappa shape index (κ1) is 22.3. The Morgan fingerprint density at radius 2 is 1.96 bits per heavy atom. The summed E-state index contributed by atoms with van der Waals surface area (Å²) in [6.07, 6.45) is 2.12. The van der Waals surface area contributed by atoms with Gasteiger partial charge in [0.25, 0.3) is 0 Å². The lowest BCUT2D eigenvalue weighted by molar-refractivity contribution is -0.00264. The van der Waals surface area contributed by atoms with Crippen LogP contribution in [0, 0.1) is 0 Å². The van der Waals surface area contributed by atoms with E-state index in [4.69, 9.17) is 9.73 Å². The zero-order valence-corrected chi connectivity index (χ0v) is 19.1. The number of hydrogen-bond acceptors (Lipinski definition) is 4. The van der Waals surface area contributed by atoms with Crippen molar-refractivity contribution in [3.63, 3.8) is 0 Å². The highest BCUT2D eigenvalue weighted by molar-refractivity contribution is 14.0. The van der Waals surface area contributed by atoms with Crippen molar-refractivity contribution in [3.05, 3.63) is 0 Å². The van der Waals surface area contributed by atoms with Crippen LogP contribution in [-0.4, -0.2) is 85.3 Å². The summed E-state index contributed by atoms with van der Waals surface area (Å²) in [7, 11) is 4.35. The van der Waals surface area contributed by atoms with Gasteiger partial charge in [-0.25, -0.2) is 0 Å². The molecule has 2 aliphatic rings. The van der Waals surface area contributed by atoms with Gasteiger partial charge in [0.15, 0.2) is 5.96 Å². The van der Waals surface area contributed by atoms with Crippen molar-refractivity contribution in [1.82, 2.24) is 15.1 Å². The van der Waals surface area contributed by atoms with Crippen molar-refractivity contribution in [2.45, 2.75) is 43.9 Å². The average molecular weight is 470 g/mol. The average Bonchev–Trinajstić information content (AvgIpc) is 2.51. The maximum atomic E-state index is 5.57. The van der Waals surface area contributed by atoms with E-state index < -0.39 is 0 Å². The molecule has 5 nitrogen and oxygen atoms in total. The fourth-order valence-electron chi connectivity index (χ4n) is 3.34. The van der Waals surface area contributed by atoms with Crippen molar-refractivity contribution in [2.75, 3.05) is 59.2 Å². The number of guanidine groups is 1. The molecule has 142 valence electrons. The summed E-state index contributed by atoms with van der Waals surface area (Å²) < 4.78 is 5.87. The summed E-state index contributed by atoms with van der Waals surface area (Å²) in [4.78, 5) is 9.82. The molecule has 0 aromatic rings. The van der Waals surface area contributed by atoms with Crippen LogP contribution in [0.1, 0.15) is 33.6 Å². The molecule has 0 unspecified atom stereocenters. The van der Waals surface area contributed by atoms with Gasteiger partial charge in [-0.15, -0.1) is 24.0 Å². The maximum Gasteiger partial charge on any atom is 0.194 e. The number of hydrogen-bond donors (Lipinski definition) is 1. The van der Waals surface area contributed by atoms with E-state index in [1.54, 1.807) is 0 Å². The number of ether oxygens (including phenoxy) is 1. The zero-order valence-electron chi connectivity index (χ0n) is 15.9. The smallest absolute Gasteiger partial charge is 0.194 e. The molecule has 0 atom stereocenters. The third-order valence-electron chi connectivity index (χ3n) is 4.96. The van der Waals surface area contributed by atoms with Crippen LogP contribution in [0.5, 0.6) is 0 Å². The SMILES string of the molecule is CCNC(=NCC1(N(C)C)CCOCC1)N1CCSC(C)(C)C1.I. The number of rotatable bonds is 4. The van der Waals surface area contributed by atoms with Gasteiger partial charge in [0.2, 0.25) is 0 Å². The second-order valence-corrected chi connectivity index (χ2v) is 9.23. The van der Waals surface area contributed by atoms with Crippen LogP contribution in [0.2, 0.25) is 0 Å². The van der Waals surface area contributed by atoms with Gasteiger partial charge >= 0.3 is 0 Å².